The number of halogens is 1. The molecule has 2 bridgehead atoms. The predicted octanol–water partition coefficient (Wildman–Crippen LogP) is 5.34. The SMILES string of the molecule is C=CCCC(=O)OC[C@H](NC(=O)[C@H]1[C@@H]2O[C@@]3(CC2Br)[C@@H]1C(=O)N([C@@H](CO)[C@@H](C)CC)[C@@H]3C(=O)N(CC=C)c1c(C)cccc1C)c1ccccc1. The zero-order chi connectivity index (χ0) is 37.0. The van der Waals surface area contributed by atoms with Crippen LogP contribution in [0.5, 0.6) is 0 Å². The lowest BCUT2D eigenvalue weighted by Gasteiger charge is -2.41. The van der Waals surface area contributed by atoms with Gasteiger partial charge in [-0.05, 0) is 49.3 Å². The van der Waals surface area contributed by atoms with Crippen LogP contribution in [-0.2, 0) is 28.7 Å². The molecule has 0 aliphatic carbocycles. The minimum Gasteiger partial charge on any atom is -0.463 e. The van der Waals surface area contributed by atoms with Crippen LogP contribution in [0.4, 0.5) is 5.69 Å². The molecular weight excluding hydrogens is 714 g/mol. The molecular formula is C40H50BrN3O7. The van der Waals surface area contributed by atoms with E-state index in [9.17, 15) is 19.5 Å². The highest BCUT2D eigenvalue weighted by Crippen LogP contribution is 2.61. The Kier molecular flexibility index (Phi) is 12.2. The van der Waals surface area contributed by atoms with E-state index in [4.69, 9.17) is 9.47 Å². The Morgan fingerprint density at radius 3 is 2.43 bits per heavy atom. The van der Waals surface area contributed by atoms with Crippen LogP contribution in [0.25, 0.3) is 0 Å². The van der Waals surface area contributed by atoms with E-state index in [1.165, 1.54) is 4.90 Å². The van der Waals surface area contributed by atoms with Gasteiger partial charge in [-0.1, -0.05) is 96.9 Å². The summed E-state index contributed by atoms with van der Waals surface area (Å²) in [6.45, 7) is 15.1. The van der Waals surface area contributed by atoms with Crippen molar-refractivity contribution >= 4 is 45.3 Å². The fourth-order valence-corrected chi connectivity index (χ4v) is 9.20. The summed E-state index contributed by atoms with van der Waals surface area (Å²) in [6, 6.07) is 12.5. The quantitative estimate of drug-likeness (QED) is 0.134. The molecule has 1 spiro atoms. The number of aryl methyl sites for hydroxylation is 2. The summed E-state index contributed by atoms with van der Waals surface area (Å²) < 4.78 is 12.4. The number of ether oxygens (including phenoxy) is 2. The van der Waals surface area contributed by atoms with Crippen molar-refractivity contribution in [1.82, 2.24) is 10.2 Å². The molecule has 0 radical (unpaired) electrons. The summed E-state index contributed by atoms with van der Waals surface area (Å²) in [6.07, 6.45) is 4.20. The van der Waals surface area contributed by atoms with Crippen LogP contribution >= 0.6 is 15.9 Å². The van der Waals surface area contributed by atoms with Crippen LogP contribution < -0.4 is 10.2 Å². The van der Waals surface area contributed by atoms with Gasteiger partial charge in [0.15, 0.2) is 0 Å². The van der Waals surface area contributed by atoms with Gasteiger partial charge in [-0.15, -0.1) is 13.2 Å². The maximum absolute atomic E-state index is 15.2. The average molecular weight is 765 g/mol. The van der Waals surface area contributed by atoms with Crippen LogP contribution in [0.3, 0.4) is 0 Å². The number of hydrogen-bond donors (Lipinski definition) is 2. The van der Waals surface area contributed by atoms with Crippen molar-refractivity contribution in [2.75, 3.05) is 24.7 Å². The molecule has 0 aromatic heterocycles. The van der Waals surface area contributed by atoms with Crippen LogP contribution in [0.1, 0.15) is 62.3 Å². The minimum atomic E-state index is -1.34. The van der Waals surface area contributed by atoms with E-state index in [0.717, 1.165) is 22.4 Å². The minimum absolute atomic E-state index is 0.106. The van der Waals surface area contributed by atoms with E-state index in [2.05, 4.69) is 34.4 Å². The number of carbonyl (C=O) groups excluding carboxylic acids is 4. The Morgan fingerprint density at radius 2 is 1.82 bits per heavy atom. The van der Waals surface area contributed by atoms with Gasteiger partial charge in [-0.2, -0.15) is 0 Å². The summed E-state index contributed by atoms with van der Waals surface area (Å²) in [5.41, 5.74) is 1.89. The third kappa shape index (κ3) is 7.17. The number of allylic oxidation sites excluding steroid dienone is 1. The first kappa shape index (κ1) is 38.4. The molecule has 5 rings (SSSR count). The van der Waals surface area contributed by atoms with Gasteiger partial charge in [-0.25, -0.2) is 0 Å². The smallest absolute Gasteiger partial charge is 0.306 e. The van der Waals surface area contributed by atoms with Gasteiger partial charge in [0.25, 0.3) is 5.91 Å². The highest BCUT2D eigenvalue weighted by Gasteiger charge is 2.77. The third-order valence-electron chi connectivity index (χ3n) is 10.9. The number of amides is 3. The Balaban J connectivity index is 1.56. The zero-order valence-electron chi connectivity index (χ0n) is 29.9. The number of nitrogens with zero attached hydrogens (tertiary/aromatic N) is 2. The van der Waals surface area contributed by atoms with Gasteiger partial charge >= 0.3 is 5.97 Å². The molecule has 1 unspecified atom stereocenters. The molecule has 2 aromatic rings. The number of esters is 1. The van der Waals surface area contributed by atoms with Crippen molar-refractivity contribution < 1.29 is 33.8 Å². The fraction of sp³-hybridized carbons (Fsp3) is 0.500. The van der Waals surface area contributed by atoms with Gasteiger partial charge in [0.2, 0.25) is 11.8 Å². The largest absolute Gasteiger partial charge is 0.463 e. The van der Waals surface area contributed by atoms with Gasteiger partial charge in [-0.3, -0.25) is 19.2 Å². The number of aliphatic hydroxyl groups is 1. The van der Waals surface area contributed by atoms with Crippen molar-refractivity contribution in [3.8, 4) is 0 Å². The molecule has 2 N–H and O–H groups in total. The van der Waals surface area contributed by atoms with Gasteiger partial charge in [0.1, 0.15) is 18.2 Å². The summed E-state index contributed by atoms with van der Waals surface area (Å²) in [5, 5.41) is 13.9. The van der Waals surface area contributed by atoms with Gasteiger partial charge in [0.05, 0.1) is 36.6 Å². The topological polar surface area (TPSA) is 125 Å². The molecule has 9 atom stereocenters. The van der Waals surface area contributed by atoms with E-state index < -0.39 is 53.5 Å². The lowest BCUT2D eigenvalue weighted by Crippen LogP contribution is -2.60. The maximum Gasteiger partial charge on any atom is 0.306 e. The summed E-state index contributed by atoms with van der Waals surface area (Å²) in [7, 11) is 0. The number of aliphatic hydroxyl groups excluding tert-OH is 1. The highest BCUT2D eigenvalue weighted by atomic mass is 79.9. The van der Waals surface area contributed by atoms with Crippen molar-refractivity contribution in [2.45, 2.75) is 88.0 Å². The molecule has 11 heteroatoms. The molecule has 3 saturated heterocycles. The highest BCUT2D eigenvalue weighted by molar-refractivity contribution is 9.09. The molecule has 3 aliphatic heterocycles. The number of benzene rings is 2. The number of hydrogen-bond acceptors (Lipinski definition) is 7. The predicted molar refractivity (Wildman–Crippen MR) is 199 cm³/mol. The van der Waals surface area contributed by atoms with E-state index >= 15 is 4.79 Å². The zero-order valence-corrected chi connectivity index (χ0v) is 31.5. The Hall–Kier alpha value is -3.80. The molecule has 51 heavy (non-hydrogen) atoms. The van der Waals surface area contributed by atoms with Crippen LogP contribution in [0.15, 0.2) is 73.8 Å². The monoisotopic (exact) mass is 763 g/mol. The molecule has 3 heterocycles. The van der Waals surface area contributed by atoms with Crippen molar-refractivity contribution in [3.05, 3.63) is 90.5 Å². The standard InChI is InChI=1S/C40H50BrN3O7/c1-7-10-19-31(46)50-23-29(27-17-12-11-13-18-27)42-37(47)32-33-38(48)44(30(22-45)24(4)9-3)36(40(33)21-28(41)35(32)51-40)39(49)43(20-8-2)34-25(5)15-14-16-26(34)6/h7-8,11-18,24,28-30,32-33,35-36,45H,1-2,9-10,19-23H2,3-6H3,(H,42,47)/t24-,28?,29-,30-,32+,33-,35+,36+,40-/m0/s1. The normalized spacial score (nSPS) is 26.6. The average Bonchev–Trinajstić information content (AvgIpc) is 3.72. The Morgan fingerprint density at radius 1 is 1.14 bits per heavy atom. The van der Waals surface area contributed by atoms with Crippen LogP contribution in [0.2, 0.25) is 0 Å². The maximum atomic E-state index is 15.2. The van der Waals surface area contributed by atoms with Crippen molar-refractivity contribution in [1.29, 1.82) is 0 Å². The number of carbonyl (C=O) groups is 4. The number of likely N-dealkylation sites (tertiary alicyclic amines) is 1. The molecule has 0 saturated carbocycles. The molecule has 274 valence electrons. The summed E-state index contributed by atoms with van der Waals surface area (Å²) in [5.74, 6) is -3.68. The fourth-order valence-electron chi connectivity index (χ4n) is 8.26. The van der Waals surface area contributed by atoms with E-state index in [-0.39, 0.29) is 48.7 Å². The first-order valence-electron chi connectivity index (χ1n) is 17.8. The Labute approximate surface area is 309 Å². The second kappa shape index (κ2) is 16.3. The molecule has 2 aromatic carbocycles. The second-order valence-electron chi connectivity index (χ2n) is 14.0. The first-order chi connectivity index (χ1) is 24.4. The van der Waals surface area contributed by atoms with E-state index in [0.29, 0.717) is 19.3 Å². The van der Waals surface area contributed by atoms with Crippen LogP contribution in [0, 0.1) is 31.6 Å². The number of alkyl halides is 1. The van der Waals surface area contributed by atoms with Crippen LogP contribution in [-0.4, -0.2) is 82.1 Å². The second-order valence-corrected chi connectivity index (χ2v) is 15.2. The third-order valence-corrected chi connectivity index (χ3v) is 11.7. The number of para-hydroxylation sites is 1. The van der Waals surface area contributed by atoms with Crippen molar-refractivity contribution in [3.63, 3.8) is 0 Å². The number of anilines is 1. The Bertz CT molecular complexity index is 1610. The number of rotatable bonds is 16. The summed E-state index contributed by atoms with van der Waals surface area (Å²) in [4.78, 5) is 59.9. The molecule has 3 fully saturated rings. The van der Waals surface area contributed by atoms with E-state index in [1.54, 1.807) is 17.1 Å². The lowest BCUT2D eigenvalue weighted by atomic mass is 9.70. The van der Waals surface area contributed by atoms with Crippen molar-refractivity contribution in [2.24, 2.45) is 17.8 Å². The molecule has 10 nitrogen and oxygen atoms in total. The lowest BCUT2D eigenvalue weighted by molar-refractivity contribution is -0.147. The van der Waals surface area contributed by atoms with Gasteiger partial charge < -0.3 is 29.7 Å². The number of fused-ring (bicyclic) bond motifs is 1. The summed E-state index contributed by atoms with van der Waals surface area (Å²) >= 11 is 3.77. The van der Waals surface area contributed by atoms with E-state index in [1.807, 2.05) is 76.2 Å². The first-order valence-corrected chi connectivity index (χ1v) is 18.7. The molecule has 3 aliphatic rings. The van der Waals surface area contributed by atoms with Gasteiger partial charge in [0, 0.05) is 23.5 Å². The number of nitrogens with one attached hydrogen (secondary N) is 1. The molecule has 3 amide bonds.